The first kappa shape index (κ1) is 23.4. The maximum absolute atomic E-state index is 13.4. The lowest BCUT2D eigenvalue weighted by Crippen LogP contribution is -2.43. The third-order valence-corrected chi connectivity index (χ3v) is 5.71. The molecule has 0 saturated carbocycles. The van der Waals surface area contributed by atoms with E-state index in [4.69, 9.17) is 9.47 Å². The normalized spacial score (nSPS) is 16.8. The fraction of sp³-hybridized carbons (Fsp3) is 0.333. The second-order valence-corrected chi connectivity index (χ2v) is 7.85. The lowest BCUT2D eigenvalue weighted by atomic mass is 10.0. The molecule has 0 atom stereocenters. The number of nitro benzene ring substituents is 1. The number of morpholine rings is 1. The Balaban J connectivity index is 1.61. The summed E-state index contributed by atoms with van der Waals surface area (Å²) in [5.74, 6) is -0.167. The molecule has 2 aromatic rings. The number of hydrogen-bond acceptors (Lipinski definition) is 8. The Morgan fingerprint density at radius 1 is 1.00 bits per heavy atom. The Morgan fingerprint density at radius 3 is 2.29 bits per heavy atom. The Hall–Kier alpha value is -3.76. The number of ether oxygens (including phenoxy) is 2. The van der Waals surface area contributed by atoms with Crippen molar-refractivity contribution in [2.24, 2.45) is 0 Å². The quantitative estimate of drug-likeness (QED) is 0.341. The van der Waals surface area contributed by atoms with Crippen LogP contribution < -0.4 is 10.1 Å². The number of nitrogens with one attached hydrogen (secondary N) is 1. The molecule has 0 radical (unpaired) electrons. The number of nitro groups is 1. The molecule has 2 amide bonds. The maximum atomic E-state index is 13.4. The molecule has 2 aliphatic heterocycles. The average Bonchev–Trinajstić information content (AvgIpc) is 3.08. The second kappa shape index (κ2) is 10.4. The molecule has 178 valence electrons. The van der Waals surface area contributed by atoms with Crippen LogP contribution in [0.5, 0.6) is 5.75 Å². The number of imide groups is 1. The zero-order valence-electron chi connectivity index (χ0n) is 18.9. The molecular weight excluding hydrogens is 440 g/mol. The number of carbonyl (C=O) groups excluding carboxylic acids is 2. The van der Waals surface area contributed by atoms with Gasteiger partial charge in [0.15, 0.2) is 0 Å². The smallest absolute Gasteiger partial charge is 0.278 e. The summed E-state index contributed by atoms with van der Waals surface area (Å²) in [7, 11) is 0. The number of benzene rings is 2. The van der Waals surface area contributed by atoms with Gasteiger partial charge in [-0.25, -0.2) is 0 Å². The van der Waals surface area contributed by atoms with Crippen LogP contribution in [0.15, 0.2) is 54.2 Å². The van der Waals surface area contributed by atoms with E-state index >= 15 is 0 Å². The molecule has 2 aromatic carbocycles. The van der Waals surface area contributed by atoms with Gasteiger partial charge in [-0.1, -0.05) is 0 Å². The van der Waals surface area contributed by atoms with Crippen LogP contribution in [0.3, 0.4) is 0 Å². The van der Waals surface area contributed by atoms with Gasteiger partial charge in [-0.2, -0.15) is 0 Å². The topological polar surface area (TPSA) is 114 Å². The molecule has 0 aromatic heterocycles. The summed E-state index contributed by atoms with van der Waals surface area (Å²) in [5, 5.41) is 14.1. The summed E-state index contributed by atoms with van der Waals surface area (Å²) in [6.45, 7) is 5.95. The zero-order valence-corrected chi connectivity index (χ0v) is 18.9. The highest BCUT2D eigenvalue weighted by molar-refractivity contribution is 6.36. The molecule has 0 unspecified atom stereocenters. The van der Waals surface area contributed by atoms with E-state index in [9.17, 15) is 19.7 Å². The van der Waals surface area contributed by atoms with E-state index in [-0.39, 0.29) is 23.5 Å². The largest absolute Gasteiger partial charge is 0.494 e. The molecule has 1 fully saturated rings. The predicted molar refractivity (Wildman–Crippen MR) is 125 cm³/mol. The highest BCUT2D eigenvalue weighted by Gasteiger charge is 2.39. The van der Waals surface area contributed by atoms with Gasteiger partial charge in [0.25, 0.3) is 17.5 Å². The van der Waals surface area contributed by atoms with Gasteiger partial charge in [0.2, 0.25) is 0 Å². The van der Waals surface area contributed by atoms with Crippen molar-refractivity contribution in [2.45, 2.75) is 6.92 Å². The first-order valence-electron chi connectivity index (χ1n) is 11.1. The van der Waals surface area contributed by atoms with E-state index < -0.39 is 16.7 Å². The molecule has 10 heteroatoms. The Labute approximate surface area is 196 Å². The average molecular weight is 466 g/mol. The van der Waals surface area contributed by atoms with Gasteiger partial charge in [-0.05, 0) is 48.9 Å². The zero-order chi connectivity index (χ0) is 24.1. The second-order valence-electron chi connectivity index (χ2n) is 7.85. The summed E-state index contributed by atoms with van der Waals surface area (Å²) in [5.41, 5.74) is 1.30. The maximum Gasteiger partial charge on any atom is 0.278 e. The Bertz CT molecular complexity index is 1090. The van der Waals surface area contributed by atoms with Crippen molar-refractivity contribution in [1.82, 2.24) is 9.80 Å². The summed E-state index contributed by atoms with van der Waals surface area (Å²) >= 11 is 0. The first-order valence-corrected chi connectivity index (χ1v) is 11.1. The third-order valence-electron chi connectivity index (χ3n) is 5.71. The molecule has 0 aliphatic carbocycles. The van der Waals surface area contributed by atoms with E-state index in [2.05, 4.69) is 10.2 Å². The molecule has 34 heavy (non-hydrogen) atoms. The monoisotopic (exact) mass is 466 g/mol. The van der Waals surface area contributed by atoms with Crippen LogP contribution in [0.4, 0.5) is 11.4 Å². The number of rotatable bonds is 9. The molecule has 2 heterocycles. The van der Waals surface area contributed by atoms with Crippen LogP contribution in [-0.4, -0.2) is 72.5 Å². The van der Waals surface area contributed by atoms with Crippen molar-refractivity contribution in [3.8, 4) is 5.75 Å². The molecule has 1 saturated heterocycles. The Kier molecular flexibility index (Phi) is 7.19. The van der Waals surface area contributed by atoms with Gasteiger partial charge in [0.05, 0.1) is 30.3 Å². The minimum Gasteiger partial charge on any atom is -0.494 e. The minimum absolute atomic E-state index is 0.0914. The number of amides is 2. The van der Waals surface area contributed by atoms with Crippen LogP contribution in [0.25, 0.3) is 5.57 Å². The minimum atomic E-state index is -0.506. The van der Waals surface area contributed by atoms with Crippen molar-refractivity contribution in [3.63, 3.8) is 0 Å². The number of anilines is 1. The van der Waals surface area contributed by atoms with Crippen LogP contribution in [-0.2, 0) is 14.3 Å². The summed E-state index contributed by atoms with van der Waals surface area (Å²) in [4.78, 5) is 40.6. The molecule has 1 N–H and O–H groups in total. The van der Waals surface area contributed by atoms with Gasteiger partial charge < -0.3 is 14.8 Å². The first-order chi connectivity index (χ1) is 16.5. The van der Waals surface area contributed by atoms with Crippen LogP contribution in [0.2, 0.25) is 0 Å². The van der Waals surface area contributed by atoms with Crippen molar-refractivity contribution in [1.29, 1.82) is 0 Å². The van der Waals surface area contributed by atoms with Crippen molar-refractivity contribution < 1.29 is 24.0 Å². The van der Waals surface area contributed by atoms with Crippen molar-refractivity contribution >= 4 is 28.8 Å². The number of hydrogen-bond donors (Lipinski definition) is 1. The summed E-state index contributed by atoms with van der Waals surface area (Å²) in [6.07, 6.45) is 0. The number of non-ortho nitro benzene ring substituents is 1. The SMILES string of the molecule is CCOc1ccc(NC2=C(c3ccc([N+](=O)[O-])cc3)C(=O)N(CCN3CCOCC3)C2=O)cc1. The van der Waals surface area contributed by atoms with Gasteiger partial charge in [-0.3, -0.25) is 29.5 Å². The van der Waals surface area contributed by atoms with Crippen molar-refractivity contribution in [3.05, 3.63) is 69.9 Å². The van der Waals surface area contributed by atoms with E-state index in [0.29, 0.717) is 43.4 Å². The lowest BCUT2D eigenvalue weighted by Gasteiger charge is -2.28. The molecule has 0 spiro atoms. The van der Waals surface area contributed by atoms with Gasteiger partial charge in [0, 0.05) is 44.0 Å². The van der Waals surface area contributed by atoms with Gasteiger partial charge in [-0.15, -0.1) is 0 Å². The Morgan fingerprint density at radius 2 is 1.68 bits per heavy atom. The molecule has 4 rings (SSSR count). The number of carbonyl (C=O) groups is 2. The highest BCUT2D eigenvalue weighted by atomic mass is 16.6. The van der Waals surface area contributed by atoms with Crippen LogP contribution in [0.1, 0.15) is 12.5 Å². The van der Waals surface area contributed by atoms with E-state index in [1.54, 1.807) is 24.3 Å². The van der Waals surface area contributed by atoms with Crippen molar-refractivity contribution in [2.75, 3.05) is 51.3 Å². The lowest BCUT2D eigenvalue weighted by molar-refractivity contribution is -0.384. The van der Waals surface area contributed by atoms with Gasteiger partial charge >= 0.3 is 0 Å². The van der Waals surface area contributed by atoms with Crippen LogP contribution in [0, 0.1) is 10.1 Å². The highest BCUT2D eigenvalue weighted by Crippen LogP contribution is 2.31. The van der Waals surface area contributed by atoms with Gasteiger partial charge in [0.1, 0.15) is 11.4 Å². The standard InChI is InChI=1S/C24H26N4O6/c1-2-34-20-9-5-18(6-10-20)25-22-21(17-3-7-19(8-4-17)28(31)32)23(29)27(24(22)30)12-11-26-13-15-33-16-14-26/h3-10,25H,2,11-16H2,1H3. The van der Waals surface area contributed by atoms with E-state index in [1.165, 1.54) is 29.2 Å². The molecule has 2 aliphatic rings. The molecular formula is C24H26N4O6. The predicted octanol–water partition coefficient (Wildman–Crippen LogP) is 2.52. The molecule has 10 nitrogen and oxygen atoms in total. The fourth-order valence-corrected chi connectivity index (χ4v) is 3.92. The fourth-order valence-electron chi connectivity index (χ4n) is 3.92. The number of nitrogens with zero attached hydrogens (tertiary/aromatic N) is 3. The summed E-state index contributed by atoms with van der Waals surface area (Å²) < 4.78 is 10.8. The summed E-state index contributed by atoms with van der Waals surface area (Å²) in [6, 6.07) is 12.7. The van der Waals surface area contributed by atoms with E-state index in [0.717, 1.165) is 13.1 Å². The van der Waals surface area contributed by atoms with E-state index in [1.807, 2.05) is 6.92 Å². The molecule has 0 bridgehead atoms. The van der Waals surface area contributed by atoms with Crippen LogP contribution >= 0.6 is 0 Å². The third kappa shape index (κ3) is 5.08.